The molecular weight excluding hydrogens is 350 g/mol. The van der Waals surface area contributed by atoms with Crippen LogP contribution in [0, 0.1) is 11.8 Å². The van der Waals surface area contributed by atoms with Gasteiger partial charge in [-0.3, -0.25) is 9.59 Å². The molecule has 2 bridgehead atoms. The number of aliphatic carboxylic acids is 1. The van der Waals surface area contributed by atoms with E-state index in [9.17, 15) is 14.7 Å². The molecule has 4 heterocycles. The molecule has 0 unspecified atom stereocenters. The summed E-state index contributed by atoms with van der Waals surface area (Å²) in [6.45, 7) is 6.41. The van der Waals surface area contributed by atoms with E-state index in [1.807, 2.05) is 31.2 Å². The number of benzene rings is 1. The highest BCUT2D eigenvalue weighted by molar-refractivity contribution is 5.92. The monoisotopic (exact) mass is 369 g/mol. The molecule has 2 fully saturated rings. The van der Waals surface area contributed by atoms with Gasteiger partial charge in [-0.1, -0.05) is 30.4 Å². The van der Waals surface area contributed by atoms with Crippen LogP contribution in [0.3, 0.4) is 0 Å². The minimum Gasteiger partial charge on any atom is -0.481 e. The largest absolute Gasteiger partial charge is 0.481 e. The lowest BCUT2D eigenvalue weighted by atomic mass is 9.74. The van der Waals surface area contributed by atoms with Crippen molar-refractivity contribution in [2.24, 2.45) is 11.8 Å². The number of hydrogen-bond acceptors (Lipinski definition) is 5. The van der Waals surface area contributed by atoms with E-state index in [2.05, 4.69) is 6.58 Å². The smallest absolute Gasteiger partial charge is 0.310 e. The minimum absolute atomic E-state index is 0.182. The van der Waals surface area contributed by atoms with Crippen LogP contribution in [0.5, 0.6) is 11.5 Å². The molecule has 4 aliphatic heterocycles. The summed E-state index contributed by atoms with van der Waals surface area (Å²) in [7, 11) is 0. The van der Waals surface area contributed by atoms with Crippen molar-refractivity contribution in [3.8, 4) is 11.5 Å². The summed E-state index contributed by atoms with van der Waals surface area (Å²) in [6.07, 6.45) is 3.06. The van der Waals surface area contributed by atoms with E-state index in [1.54, 1.807) is 11.0 Å². The van der Waals surface area contributed by atoms with Gasteiger partial charge in [0.25, 0.3) is 0 Å². The molecule has 5 atom stereocenters. The first kappa shape index (κ1) is 16.4. The number of nitrogens with zero attached hydrogens (tertiary/aromatic N) is 1. The Balaban J connectivity index is 1.53. The molecule has 7 nitrogen and oxygen atoms in total. The molecule has 0 aromatic heterocycles. The van der Waals surface area contributed by atoms with E-state index < -0.39 is 35.6 Å². The Morgan fingerprint density at radius 2 is 2.15 bits per heavy atom. The van der Waals surface area contributed by atoms with Gasteiger partial charge in [0.15, 0.2) is 11.5 Å². The van der Waals surface area contributed by atoms with E-state index in [-0.39, 0.29) is 12.7 Å². The van der Waals surface area contributed by atoms with Crippen LogP contribution in [0.2, 0.25) is 0 Å². The first-order chi connectivity index (χ1) is 12.9. The molecule has 27 heavy (non-hydrogen) atoms. The summed E-state index contributed by atoms with van der Waals surface area (Å²) < 4.78 is 16.8. The molecule has 7 heteroatoms. The fourth-order valence-corrected chi connectivity index (χ4v) is 4.96. The molecule has 1 N–H and O–H groups in total. The molecule has 2 saturated heterocycles. The van der Waals surface area contributed by atoms with Crippen molar-refractivity contribution in [1.29, 1.82) is 0 Å². The van der Waals surface area contributed by atoms with E-state index in [1.165, 1.54) is 0 Å². The minimum atomic E-state index is -1.00. The van der Waals surface area contributed by atoms with Gasteiger partial charge in [-0.25, -0.2) is 0 Å². The van der Waals surface area contributed by atoms with Crippen molar-refractivity contribution in [2.75, 3.05) is 6.79 Å². The SMILES string of the molecule is C=C(C)[C@H]1N(Cc2ccc3c(c2)OCO3)C(=O)[C@@H]2[C@@H](C(=O)O)[C@@H]3C=C[C@@]21O3. The number of fused-ring (bicyclic) bond motifs is 2. The Morgan fingerprint density at radius 1 is 1.37 bits per heavy atom. The van der Waals surface area contributed by atoms with Crippen LogP contribution in [0.4, 0.5) is 0 Å². The van der Waals surface area contributed by atoms with Gasteiger partial charge in [0.1, 0.15) is 11.5 Å². The van der Waals surface area contributed by atoms with Crippen LogP contribution >= 0.6 is 0 Å². The number of carbonyl (C=O) groups is 2. The summed E-state index contributed by atoms with van der Waals surface area (Å²) in [5, 5.41) is 9.67. The third-order valence-corrected chi connectivity index (χ3v) is 5.92. The Morgan fingerprint density at radius 3 is 2.89 bits per heavy atom. The van der Waals surface area contributed by atoms with E-state index in [0.717, 1.165) is 11.1 Å². The highest BCUT2D eigenvalue weighted by Crippen LogP contribution is 2.56. The molecule has 1 amide bonds. The van der Waals surface area contributed by atoms with E-state index in [4.69, 9.17) is 14.2 Å². The summed E-state index contributed by atoms with van der Waals surface area (Å²) in [5.41, 5.74) is 0.691. The van der Waals surface area contributed by atoms with Crippen LogP contribution in [-0.4, -0.2) is 46.4 Å². The summed E-state index contributed by atoms with van der Waals surface area (Å²) in [6, 6.07) is 5.13. The number of ether oxygens (including phenoxy) is 3. The van der Waals surface area contributed by atoms with Gasteiger partial charge >= 0.3 is 5.97 Å². The fraction of sp³-hybridized carbons (Fsp3) is 0.400. The topological polar surface area (TPSA) is 85.3 Å². The number of carbonyl (C=O) groups excluding carboxylic acids is 1. The molecular formula is C20H19NO6. The maximum Gasteiger partial charge on any atom is 0.310 e. The van der Waals surface area contributed by atoms with Gasteiger partial charge in [0, 0.05) is 6.54 Å². The lowest BCUT2D eigenvalue weighted by Crippen LogP contribution is -2.45. The first-order valence-corrected chi connectivity index (χ1v) is 8.87. The van der Waals surface area contributed by atoms with Crippen molar-refractivity contribution in [1.82, 2.24) is 4.90 Å². The van der Waals surface area contributed by atoms with Crippen LogP contribution in [0.1, 0.15) is 12.5 Å². The first-order valence-electron chi connectivity index (χ1n) is 8.87. The number of carboxylic acids is 1. The Labute approximate surface area is 155 Å². The van der Waals surface area contributed by atoms with Gasteiger partial charge in [0.2, 0.25) is 12.7 Å². The molecule has 1 aromatic rings. The lowest BCUT2D eigenvalue weighted by Gasteiger charge is -2.33. The van der Waals surface area contributed by atoms with Crippen molar-refractivity contribution >= 4 is 11.9 Å². The lowest BCUT2D eigenvalue weighted by molar-refractivity contribution is -0.148. The number of carboxylic acid groups (broad SMARTS) is 1. The maximum absolute atomic E-state index is 13.3. The zero-order valence-corrected chi connectivity index (χ0v) is 14.8. The molecule has 0 saturated carbocycles. The molecule has 4 aliphatic rings. The molecule has 140 valence electrons. The van der Waals surface area contributed by atoms with Crippen LogP contribution in [-0.2, 0) is 20.9 Å². The fourth-order valence-electron chi connectivity index (χ4n) is 4.96. The van der Waals surface area contributed by atoms with Crippen LogP contribution in [0.15, 0.2) is 42.5 Å². The van der Waals surface area contributed by atoms with Crippen molar-refractivity contribution in [3.63, 3.8) is 0 Å². The average Bonchev–Trinajstić information content (AvgIpc) is 3.35. The standard InChI is InChI=1S/C20H19NO6/c1-10(2)17-20-6-5-13(27-20)15(19(23)24)16(20)18(22)21(17)8-11-3-4-12-14(7-11)26-9-25-12/h3-7,13,15-17H,1,8-9H2,2H3,(H,23,24)/t13-,15-,16-,17+,20+/m0/s1. The van der Waals surface area contributed by atoms with Crippen LogP contribution in [0.25, 0.3) is 0 Å². The van der Waals surface area contributed by atoms with E-state index >= 15 is 0 Å². The van der Waals surface area contributed by atoms with Gasteiger partial charge in [-0.2, -0.15) is 0 Å². The second kappa shape index (κ2) is 5.36. The predicted molar refractivity (Wildman–Crippen MR) is 93.1 cm³/mol. The molecule has 5 rings (SSSR count). The van der Waals surface area contributed by atoms with Gasteiger partial charge in [-0.05, 0) is 24.6 Å². The predicted octanol–water partition coefficient (Wildman–Crippen LogP) is 1.73. The highest BCUT2D eigenvalue weighted by atomic mass is 16.7. The maximum atomic E-state index is 13.3. The molecule has 0 aliphatic carbocycles. The third kappa shape index (κ3) is 2.06. The van der Waals surface area contributed by atoms with Crippen molar-refractivity contribution in [2.45, 2.75) is 31.2 Å². The van der Waals surface area contributed by atoms with E-state index in [0.29, 0.717) is 18.0 Å². The Bertz CT molecular complexity index is 908. The summed E-state index contributed by atoms with van der Waals surface area (Å²) in [5.74, 6) is -1.50. The molecule has 0 radical (unpaired) electrons. The Kier molecular flexibility index (Phi) is 3.25. The second-order valence-electron chi connectivity index (χ2n) is 7.54. The normalized spacial score (nSPS) is 35.0. The highest BCUT2D eigenvalue weighted by Gasteiger charge is 2.71. The quantitative estimate of drug-likeness (QED) is 0.814. The van der Waals surface area contributed by atoms with Crippen LogP contribution < -0.4 is 9.47 Å². The van der Waals surface area contributed by atoms with Gasteiger partial charge in [0.05, 0.1) is 18.1 Å². The summed E-state index contributed by atoms with van der Waals surface area (Å²) in [4.78, 5) is 26.8. The van der Waals surface area contributed by atoms with Gasteiger partial charge in [-0.15, -0.1) is 0 Å². The number of amides is 1. The third-order valence-electron chi connectivity index (χ3n) is 5.92. The van der Waals surface area contributed by atoms with Gasteiger partial charge < -0.3 is 24.2 Å². The number of hydrogen-bond donors (Lipinski definition) is 1. The zero-order valence-electron chi connectivity index (χ0n) is 14.8. The average molecular weight is 369 g/mol. The summed E-state index contributed by atoms with van der Waals surface area (Å²) >= 11 is 0. The number of rotatable bonds is 4. The Hall–Kier alpha value is -2.80. The molecule has 1 aromatic carbocycles. The van der Waals surface area contributed by atoms with Crippen molar-refractivity contribution in [3.05, 3.63) is 48.1 Å². The van der Waals surface area contributed by atoms with Crippen molar-refractivity contribution < 1.29 is 28.9 Å². The molecule has 1 spiro atoms. The zero-order chi connectivity index (χ0) is 18.9. The number of likely N-dealkylation sites (tertiary alicyclic amines) is 1. The second-order valence-corrected chi connectivity index (χ2v) is 7.54.